The zero-order chi connectivity index (χ0) is 14.5. The average molecular weight is 279 g/mol. The number of carboxylic acid groups (broad SMARTS) is 1. The predicted octanol–water partition coefficient (Wildman–Crippen LogP) is 2.32. The second kappa shape index (κ2) is 6.50. The van der Waals surface area contributed by atoms with Crippen LogP contribution in [-0.2, 0) is 11.2 Å². The van der Waals surface area contributed by atoms with E-state index < -0.39 is 5.97 Å². The highest BCUT2D eigenvalue weighted by molar-refractivity contribution is 5.68. The molecule has 1 fully saturated rings. The number of ether oxygens (including phenoxy) is 2. The molecule has 0 radical (unpaired) electrons. The Labute approximate surface area is 119 Å². The van der Waals surface area contributed by atoms with Crippen LogP contribution < -0.4 is 14.4 Å². The first-order valence-corrected chi connectivity index (χ1v) is 6.87. The van der Waals surface area contributed by atoms with Crippen LogP contribution in [0.2, 0.25) is 0 Å². The van der Waals surface area contributed by atoms with Crippen molar-refractivity contribution in [2.45, 2.75) is 25.7 Å². The van der Waals surface area contributed by atoms with Gasteiger partial charge in [0.1, 0.15) is 11.5 Å². The Balaban J connectivity index is 2.31. The van der Waals surface area contributed by atoms with Crippen LogP contribution in [0, 0.1) is 0 Å². The highest BCUT2D eigenvalue weighted by Gasteiger charge is 2.19. The number of carbonyl (C=O) groups is 1. The molecule has 0 spiro atoms. The first-order chi connectivity index (χ1) is 9.65. The molecule has 0 aliphatic carbocycles. The van der Waals surface area contributed by atoms with E-state index in [-0.39, 0.29) is 6.42 Å². The molecule has 0 atom stereocenters. The summed E-state index contributed by atoms with van der Waals surface area (Å²) in [6.07, 6.45) is 2.90. The van der Waals surface area contributed by atoms with Crippen molar-refractivity contribution in [1.82, 2.24) is 0 Å². The van der Waals surface area contributed by atoms with Crippen LogP contribution in [0.1, 0.15) is 24.8 Å². The smallest absolute Gasteiger partial charge is 0.303 e. The summed E-state index contributed by atoms with van der Waals surface area (Å²) in [6, 6.07) is 3.86. The first kappa shape index (κ1) is 14.5. The number of methoxy groups -OCH3 is 2. The molecule has 0 amide bonds. The molecule has 0 bridgehead atoms. The lowest BCUT2D eigenvalue weighted by Gasteiger charge is -2.22. The molecule has 0 aromatic heterocycles. The molecule has 1 heterocycles. The third kappa shape index (κ3) is 3.15. The number of hydrogen-bond acceptors (Lipinski definition) is 4. The number of nitrogens with zero attached hydrogens (tertiary/aromatic N) is 1. The van der Waals surface area contributed by atoms with E-state index in [9.17, 15) is 4.79 Å². The van der Waals surface area contributed by atoms with Crippen LogP contribution in [-0.4, -0.2) is 38.4 Å². The maximum atomic E-state index is 10.7. The number of aryl methyl sites for hydroxylation is 1. The fourth-order valence-corrected chi connectivity index (χ4v) is 2.59. The molecule has 2 rings (SSSR count). The second-order valence-corrected chi connectivity index (χ2v) is 4.92. The summed E-state index contributed by atoms with van der Waals surface area (Å²) in [4.78, 5) is 13.0. The maximum absolute atomic E-state index is 10.7. The highest BCUT2D eigenvalue weighted by Crippen LogP contribution is 2.37. The normalized spacial score (nSPS) is 14.4. The Bertz CT molecular complexity index is 481. The van der Waals surface area contributed by atoms with Crippen molar-refractivity contribution in [2.24, 2.45) is 0 Å². The third-order valence-corrected chi connectivity index (χ3v) is 3.64. The monoisotopic (exact) mass is 279 g/mol. The molecular weight excluding hydrogens is 258 g/mol. The van der Waals surface area contributed by atoms with Gasteiger partial charge in [-0.2, -0.15) is 0 Å². The zero-order valence-electron chi connectivity index (χ0n) is 12.0. The van der Waals surface area contributed by atoms with Crippen molar-refractivity contribution in [2.75, 3.05) is 32.2 Å². The number of aliphatic carboxylic acids is 1. The van der Waals surface area contributed by atoms with Gasteiger partial charge in [0.25, 0.3) is 0 Å². The molecule has 1 N–H and O–H groups in total. The minimum atomic E-state index is -0.811. The van der Waals surface area contributed by atoms with Gasteiger partial charge in [0.2, 0.25) is 0 Å². The standard InChI is InChI=1S/C15H21NO4/c1-19-13-10-12(16-7-3-4-8-16)14(20-2)9-11(13)5-6-15(17)18/h9-10H,3-8H2,1-2H3,(H,17,18). The Kier molecular flexibility index (Phi) is 4.71. The van der Waals surface area contributed by atoms with Crippen molar-refractivity contribution in [1.29, 1.82) is 0 Å². The van der Waals surface area contributed by atoms with E-state index in [0.717, 1.165) is 35.8 Å². The Morgan fingerprint density at radius 1 is 1.20 bits per heavy atom. The largest absolute Gasteiger partial charge is 0.496 e. The number of anilines is 1. The minimum Gasteiger partial charge on any atom is -0.496 e. The van der Waals surface area contributed by atoms with Crippen LogP contribution in [0.25, 0.3) is 0 Å². The zero-order valence-corrected chi connectivity index (χ0v) is 12.0. The molecule has 0 saturated carbocycles. The number of rotatable bonds is 6. The summed E-state index contributed by atoms with van der Waals surface area (Å²) in [6.45, 7) is 2.04. The average Bonchev–Trinajstić information content (AvgIpc) is 2.98. The van der Waals surface area contributed by atoms with Crippen molar-refractivity contribution < 1.29 is 19.4 Å². The van der Waals surface area contributed by atoms with E-state index >= 15 is 0 Å². The minimum absolute atomic E-state index is 0.0859. The topological polar surface area (TPSA) is 59.0 Å². The molecule has 20 heavy (non-hydrogen) atoms. The lowest BCUT2D eigenvalue weighted by atomic mass is 10.1. The number of hydrogen-bond donors (Lipinski definition) is 1. The van der Waals surface area contributed by atoms with Crippen LogP contribution in [0.3, 0.4) is 0 Å². The van der Waals surface area contributed by atoms with Crippen molar-refractivity contribution in [3.8, 4) is 11.5 Å². The van der Waals surface area contributed by atoms with E-state index in [0.29, 0.717) is 6.42 Å². The van der Waals surface area contributed by atoms with Gasteiger partial charge in [-0.25, -0.2) is 0 Å². The molecule has 1 aliphatic heterocycles. The summed E-state index contributed by atoms with van der Waals surface area (Å²) in [5, 5.41) is 8.81. The molecule has 5 nitrogen and oxygen atoms in total. The molecule has 0 unspecified atom stereocenters. The molecule has 1 aliphatic rings. The lowest BCUT2D eigenvalue weighted by molar-refractivity contribution is -0.136. The second-order valence-electron chi connectivity index (χ2n) is 4.92. The molecule has 1 aromatic carbocycles. The Morgan fingerprint density at radius 2 is 1.85 bits per heavy atom. The molecule has 5 heteroatoms. The van der Waals surface area contributed by atoms with Gasteiger partial charge < -0.3 is 19.5 Å². The summed E-state index contributed by atoms with van der Waals surface area (Å²) in [5.74, 6) is 0.705. The van der Waals surface area contributed by atoms with Gasteiger partial charge >= 0.3 is 5.97 Å². The third-order valence-electron chi connectivity index (χ3n) is 3.64. The predicted molar refractivity (Wildman–Crippen MR) is 76.9 cm³/mol. The molecule has 1 saturated heterocycles. The summed E-state index contributed by atoms with van der Waals surface area (Å²) in [5.41, 5.74) is 1.90. The fourth-order valence-electron chi connectivity index (χ4n) is 2.59. The molecule has 1 aromatic rings. The fraction of sp³-hybridized carbons (Fsp3) is 0.533. The van der Waals surface area contributed by atoms with Crippen molar-refractivity contribution in [3.05, 3.63) is 17.7 Å². The molecule has 110 valence electrons. The molecular formula is C15H21NO4. The maximum Gasteiger partial charge on any atom is 0.303 e. The van der Waals surface area contributed by atoms with Crippen molar-refractivity contribution >= 4 is 11.7 Å². The Morgan fingerprint density at radius 3 is 2.40 bits per heavy atom. The van der Waals surface area contributed by atoms with Gasteiger partial charge in [0.15, 0.2) is 0 Å². The Hall–Kier alpha value is -1.91. The first-order valence-electron chi connectivity index (χ1n) is 6.87. The van der Waals surface area contributed by atoms with Crippen molar-refractivity contribution in [3.63, 3.8) is 0 Å². The highest BCUT2D eigenvalue weighted by atomic mass is 16.5. The van der Waals surface area contributed by atoms with Gasteiger partial charge in [-0.1, -0.05) is 0 Å². The van der Waals surface area contributed by atoms with E-state index in [2.05, 4.69) is 4.90 Å². The number of benzene rings is 1. The quantitative estimate of drug-likeness (QED) is 0.866. The summed E-state index contributed by atoms with van der Waals surface area (Å²) in [7, 11) is 3.25. The van der Waals surface area contributed by atoms with E-state index in [4.69, 9.17) is 14.6 Å². The SMILES string of the molecule is COc1cc(N2CCCC2)c(OC)cc1CCC(=O)O. The van der Waals surface area contributed by atoms with E-state index in [1.54, 1.807) is 14.2 Å². The van der Waals surface area contributed by atoms with Crippen LogP contribution in [0.15, 0.2) is 12.1 Å². The van der Waals surface area contributed by atoms with Gasteiger partial charge in [0.05, 0.1) is 19.9 Å². The van der Waals surface area contributed by atoms with Gasteiger partial charge in [0, 0.05) is 25.6 Å². The number of carboxylic acids is 1. The van der Waals surface area contributed by atoms with Gasteiger partial charge in [-0.3, -0.25) is 4.79 Å². The van der Waals surface area contributed by atoms with Crippen LogP contribution >= 0.6 is 0 Å². The van der Waals surface area contributed by atoms with Gasteiger partial charge in [-0.05, 0) is 30.9 Å². The van der Waals surface area contributed by atoms with Gasteiger partial charge in [-0.15, -0.1) is 0 Å². The van der Waals surface area contributed by atoms with E-state index in [1.807, 2.05) is 12.1 Å². The summed E-state index contributed by atoms with van der Waals surface area (Å²) < 4.78 is 10.9. The van der Waals surface area contributed by atoms with E-state index in [1.165, 1.54) is 12.8 Å². The lowest BCUT2D eigenvalue weighted by Crippen LogP contribution is -2.18. The summed E-state index contributed by atoms with van der Waals surface area (Å²) >= 11 is 0. The van der Waals surface area contributed by atoms with Crippen LogP contribution in [0.4, 0.5) is 5.69 Å². The van der Waals surface area contributed by atoms with Crippen LogP contribution in [0.5, 0.6) is 11.5 Å².